The average molecular weight is 229 g/mol. The van der Waals surface area contributed by atoms with Gasteiger partial charge in [-0.2, -0.15) is 0 Å². The highest BCUT2D eigenvalue weighted by Crippen LogP contribution is 2.00. The zero-order chi connectivity index (χ0) is 12.6. The van der Waals surface area contributed by atoms with Crippen LogP contribution >= 0.6 is 0 Å². The molecular weight excluding hydrogens is 208 g/mol. The Morgan fingerprint density at radius 3 is 2.62 bits per heavy atom. The van der Waals surface area contributed by atoms with E-state index in [1.807, 2.05) is 0 Å². The number of nitrogens with zero attached hydrogens (tertiary/aromatic N) is 3. The molecular formula is C10H21N4O2+. The van der Waals surface area contributed by atoms with Crippen molar-refractivity contribution in [3.63, 3.8) is 0 Å². The van der Waals surface area contributed by atoms with Gasteiger partial charge in [-0.05, 0) is 6.92 Å². The lowest BCUT2D eigenvalue weighted by Gasteiger charge is -2.28. The average Bonchev–Trinajstić information content (AvgIpc) is 2.17. The first-order valence-corrected chi connectivity index (χ1v) is 5.32. The fourth-order valence-corrected chi connectivity index (χ4v) is 1.22. The summed E-state index contributed by atoms with van der Waals surface area (Å²) in [5, 5.41) is 9.67. The molecule has 6 nitrogen and oxygen atoms in total. The highest BCUT2D eigenvalue weighted by atomic mass is 16.7. The largest absolute Gasteiger partial charge is 0.368 e. The summed E-state index contributed by atoms with van der Waals surface area (Å²) in [4.78, 5) is 15.3. The first kappa shape index (κ1) is 14.7. The van der Waals surface area contributed by atoms with Crippen LogP contribution in [-0.2, 0) is 9.63 Å². The molecule has 0 unspecified atom stereocenters. The third-order valence-corrected chi connectivity index (χ3v) is 2.53. The quantitative estimate of drug-likeness (QED) is 0.351. The maximum absolute atomic E-state index is 10.7. The van der Waals surface area contributed by atoms with Gasteiger partial charge in [-0.15, -0.1) is 10.3 Å². The third kappa shape index (κ3) is 7.04. The number of carbonyl (C=O) groups excluding carboxylic acids is 1. The molecule has 0 aliphatic carbocycles. The summed E-state index contributed by atoms with van der Waals surface area (Å²) in [6.45, 7) is 4.59. The Bertz CT molecular complexity index is 260. The van der Waals surface area contributed by atoms with Gasteiger partial charge in [-0.1, -0.05) is 0 Å². The Morgan fingerprint density at radius 1 is 1.56 bits per heavy atom. The molecule has 1 amide bonds. The molecule has 92 valence electrons. The van der Waals surface area contributed by atoms with Gasteiger partial charge in [-0.3, -0.25) is 4.79 Å². The number of primary amides is 1. The van der Waals surface area contributed by atoms with E-state index in [0.29, 0.717) is 6.54 Å². The molecule has 0 fully saturated rings. The Morgan fingerprint density at radius 2 is 2.19 bits per heavy atom. The lowest BCUT2D eigenvalue weighted by Crippen LogP contribution is -2.42. The van der Waals surface area contributed by atoms with Crippen molar-refractivity contribution in [2.24, 2.45) is 5.73 Å². The molecule has 0 aromatic heterocycles. The summed E-state index contributed by atoms with van der Waals surface area (Å²) in [7, 11) is 4.26. The molecule has 0 aliphatic heterocycles. The normalized spacial score (nSPS) is 11.2. The van der Waals surface area contributed by atoms with Gasteiger partial charge < -0.3 is 15.1 Å². The monoisotopic (exact) mass is 229 g/mol. The van der Waals surface area contributed by atoms with Crippen LogP contribution in [-0.4, -0.2) is 55.7 Å². The van der Waals surface area contributed by atoms with Crippen molar-refractivity contribution in [3.05, 3.63) is 0 Å². The first-order valence-electron chi connectivity index (χ1n) is 5.32. The lowest BCUT2D eigenvalue weighted by molar-refractivity contribution is -0.888. The van der Waals surface area contributed by atoms with E-state index in [-0.39, 0.29) is 6.54 Å². The highest BCUT2D eigenvalue weighted by molar-refractivity contribution is 5.75. The van der Waals surface area contributed by atoms with Gasteiger partial charge in [0, 0.05) is 13.0 Å². The first-order chi connectivity index (χ1) is 7.41. The van der Waals surface area contributed by atoms with E-state index in [2.05, 4.69) is 25.9 Å². The van der Waals surface area contributed by atoms with Gasteiger partial charge in [0.25, 0.3) is 0 Å². The molecule has 0 radical (unpaired) electrons. The summed E-state index contributed by atoms with van der Waals surface area (Å²) in [6, 6.07) is 0. The van der Waals surface area contributed by atoms with Crippen LogP contribution < -0.4 is 5.73 Å². The lowest BCUT2D eigenvalue weighted by atomic mass is 10.3. The number of hydroxylamine groups is 2. The van der Waals surface area contributed by atoms with Crippen LogP contribution in [0.2, 0.25) is 0 Å². The van der Waals surface area contributed by atoms with E-state index < -0.39 is 5.91 Å². The maximum atomic E-state index is 10.7. The summed E-state index contributed by atoms with van der Waals surface area (Å²) >= 11 is 0. The van der Waals surface area contributed by atoms with Crippen molar-refractivity contribution in [3.8, 4) is 6.26 Å². The van der Waals surface area contributed by atoms with Crippen molar-refractivity contribution in [1.29, 1.82) is 5.26 Å². The number of quaternary nitrogens is 1. The standard InChI is InChI=1S/C10H20N4O2/c1-4-14(2,3)7-5-6-13(16-9-11)8-10(12)15/h4-8H2,1-3H3,(H-,12,15)/p+1. The molecule has 0 aromatic rings. The Balaban J connectivity index is 3.94. The predicted octanol–water partition coefficient (Wildman–Crippen LogP) is -0.327. The molecule has 0 heterocycles. The molecule has 0 aliphatic rings. The van der Waals surface area contributed by atoms with Crippen LogP contribution in [0, 0.1) is 11.5 Å². The summed E-state index contributed by atoms with van der Waals surface area (Å²) in [6.07, 6.45) is 2.39. The van der Waals surface area contributed by atoms with Crippen molar-refractivity contribution in [2.45, 2.75) is 13.3 Å². The van der Waals surface area contributed by atoms with Gasteiger partial charge in [0.15, 0.2) is 0 Å². The van der Waals surface area contributed by atoms with Crippen LogP contribution in [0.5, 0.6) is 0 Å². The minimum atomic E-state index is -0.500. The number of nitrogens with two attached hydrogens (primary N) is 1. The Hall–Kier alpha value is -1.32. The molecule has 16 heavy (non-hydrogen) atoms. The molecule has 0 saturated heterocycles. The highest BCUT2D eigenvalue weighted by Gasteiger charge is 2.14. The van der Waals surface area contributed by atoms with Crippen molar-refractivity contribution in [1.82, 2.24) is 5.06 Å². The molecule has 0 aromatic carbocycles. The van der Waals surface area contributed by atoms with Crippen LogP contribution in [0.4, 0.5) is 0 Å². The summed E-state index contributed by atoms with van der Waals surface area (Å²) in [5.41, 5.74) is 5.03. The van der Waals surface area contributed by atoms with Gasteiger partial charge in [0.05, 0.1) is 27.2 Å². The topological polar surface area (TPSA) is 79.3 Å². The number of hydrogen-bond donors (Lipinski definition) is 1. The van der Waals surface area contributed by atoms with Gasteiger partial charge >= 0.3 is 6.26 Å². The smallest absolute Gasteiger partial charge is 0.307 e. The van der Waals surface area contributed by atoms with E-state index >= 15 is 0 Å². The maximum Gasteiger partial charge on any atom is 0.307 e. The van der Waals surface area contributed by atoms with E-state index in [1.54, 1.807) is 6.26 Å². The number of rotatable bonds is 8. The van der Waals surface area contributed by atoms with Crippen molar-refractivity contribution >= 4 is 5.91 Å². The van der Waals surface area contributed by atoms with Gasteiger partial charge in [-0.25, -0.2) is 0 Å². The molecule has 0 atom stereocenters. The molecule has 0 rings (SSSR count). The second-order valence-corrected chi connectivity index (χ2v) is 4.34. The number of carbonyl (C=O) groups is 1. The zero-order valence-corrected chi connectivity index (χ0v) is 10.3. The van der Waals surface area contributed by atoms with Crippen LogP contribution in [0.3, 0.4) is 0 Å². The molecule has 6 heteroatoms. The van der Waals surface area contributed by atoms with Crippen molar-refractivity contribution in [2.75, 3.05) is 40.3 Å². The fraction of sp³-hybridized carbons (Fsp3) is 0.800. The van der Waals surface area contributed by atoms with Crippen LogP contribution in [0.1, 0.15) is 13.3 Å². The number of hydrogen-bond acceptors (Lipinski definition) is 4. The predicted molar refractivity (Wildman–Crippen MR) is 59.6 cm³/mol. The minimum absolute atomic E-state index is 0.0485. The van der Waals surface area contributed by atoms with E-state index in [9.17, 15) is 4.79 Å². The van der Waals surface area contributed by atoms with Crippen LogP contribution in [0.25, 0.3) is 0 Å². The SMILES string of the molecule is CC[N+](C)(C)CCCN(CC(N)=O)OC#N. The van der Waals surface area contributed by atoms with E-state index in [1.165, 1.54) is 5.06 Å². The minimum Gasteiger partial charge on any atom is -0.368 e. The molecule has 2 N–H and O–H groups in total. The Labute approximate surface area is 96.7 Å². The summed E-state index contributed by atoms with van der Waals surface area (Å²) in [5.74, 6) is -0.500. The zero-order valence-electron chi connectivity index (χ0n) is 10.3. The third-order valence-electron chi connectivity index (χ3n) is 2.53. The second kappa shape index (κ2) is 7.04. The summed E-state index contributed by atoms with van der Waals surface area (Å²) < 4.78 is 0.900. The fourth-order valence-electron chi connectivity index (χ4n) is 1.22. The molecule has 0 bridgehead atoms. The number of nitriles is 1. The second-order valence-electron chi connectivity index (χ2n) is 4.34. The number of amides is 1. The van der Waals surface area contributed by atoms with Gasteiger partial charge in [0.2, 0.25) is 5.91 Å². The van der Waals surface area contributed by atoms with E-state index in [4.69, 9.17) is 11.0 Å². The molecule has 0 spiro atoms. The van der Waals surface area contributed by atoms with E-state index in [0.717, 1.165) is 24.0 Å². The van der Waals surface area contributed by atoms with Crippen LogP contribution in [0.15, 0.2) is 0 Å². The van der Waals surface area contributed by atoms with Crippen molar-refractivity contribution < 1.29 is 14.1 Å². The Kier molecular flexibility index (Phi) is 6.46. The molecule has 0 saturated carbocycles. The van der Waals surface area contributed by atoms with Gasteiger partial charge in [0.1, 0.15) is 6.54 Å².